The summed E-state index contributed by atoms with van der Waals surface area (Å²) in [4.78, 5) is 4.61. The Morgan fingerprint density at radius 2 is 2.04 bits per heavy atom. The second-order valence-electron chi connectivity index (χ2n) is 5.82. The van der Waals surface area contributed by atoms with Crippen LogP contribution >= 0.6 is 0 Å². The molecule has 1 aliphatic rings. The zero-order chi connectivity index (χ0) is 17.2. The number of hydrogen-bond donors (Lipinski definition) is 2. The van der Waals surface area contributed by atoms with Crippen LogP contribution in [0.4, 0.5) is 0 Å². The summed E-state index contributed by atoms with van der Waals surface area (Å²) in [6.45, 7) is 5.73. The molecule has 0 bridgehead atoms. The summed E-state index contributed by atoms with van der Waals surface area (Å²) in [7, 11) is 3.30. The van der Waals surface area contributed by atoms with Gasteiger partial charge in [0.25, 0.3) is 0 Å². The molecule has 1 aromatic rings. The van der Waals surface area contributed by atoms with E-state index < -0.39 is 0 Å². The standard InChI is InChI=1S/C18H29N3O3/c1-4-19-18(20-9-10-24-13-14-5-6-14)21-12-15-7-8-16(22-2)11-17(15)23-3/h7-8,11,14H,4-6,9-10,12-13H2,1-3H3,(H2,19,20,21). The van der Waals surface area contributed by atoms with E-state index in [4.69, 9.17) is 14.2 Å². The Hall–Kier alpha value is -1.95. The van der Waals surface area contributed by atoms with Crippen LogP contribution in [0.25, 0.3) is 0 Å². The number of benzene rings is 1. The van der Waals surface area contributed by atoms with E-state index in [0.29, 0.717) is 13.2 Å². The van der Waals surface area contributed by atoms with Crippen molar-refractivity contribution in [3.63, 3.8) is 0 Å². The summed E-state index contributed by atoms with van der Waals surface area (Å²) in [6.07, 6.45) is 2.64. The average Bonchev–Trinajstić information content (AvgIpc) is 3.43. The first-order chi connectivity index (χ1) is 11.8. The predicted octanol–water partition coefficient (Wildman–Crippen LogP) is 2.19. The molecular weight excluding hydrogens is 306 g/mol. The first-order valence-electron chi connectivity index (χ1n) is 8.57. The van der Waals surface area contributed by atoms with Gasteiger partial charge in [-0.25, -0.2) is 4.99 Å². The lowest BCUT2D eigenvalue weighted by atomic mass is 10.2. The minimum absolute atomic E-state index is 0.533. The van der Waals surface area contributed by atoms with Gasteiger partial charge < -0.3 is 24.8 Å². The highest BCUT2D eigenvalue weighted by atomic mass is 16.5. The van der Waals surface area contributed by atoms with Crippen molar-refractivity contribution in [1.82, 2.24) is 10.6 Å². The van der Waals surface area contributed by atoms with Gasteiger partial charge in [0, 0.05) is 31.3 Å². The van der Waals surface area contributed by atoms with Crippen LogP contribution in [0.1, 0.15) is 25.3 Å². The SMILES string of the molecule is CCNC(=NCc1ccc(OC)cc1OC)NCCOCC1CC1. The first-order valence-corrected chi connectivity index (χ1v) is 8.57. The van der Waals surface area contributed by atoms with Gasteiger partial charge in [-0.2, -0.15) is 0 Å². The molecule has 2 N–H and O–H groups in total. The average molecular weight is 335 g/mol. The van der Waals surface area contributed by atoms with Crippen LogP contribution < -0.4 is 20.1 Å². The summed E-state index contributed by atoms with van der Waals surface area (Å²) >= 11 is 0. The number of rotatable bonds is 10. The highest BCUT2D eigenvalue weighted by molar-refractivity contribution is 5.79. The minimum atomic E-state index is 0.533. The van der Waals surface area contributed by atoms with Gasteiger partial charge in [-0.3, -0.25) is 0 Å². The molecule has 1 saturated carbocycles. The smallest absolute Gasteiger partial charge is 0.191 e. The highest BCUT2D eigenvalue weighted by Gasteiger charge is 2.20. The second kappa shape index (κ2) is 10.0. The number of hydrogen-bond acceptors (Lipinski definition) is 4. The number of ether oxygens (including phenoxy) is 3. The Morgan fingerprint density at radius 1 is 1.21 bits per heavy atom. The number of aliphatic imine (C=N–C) groups is 1. The van der Waals surface area contributed by atoms with Crippen LogP contribution in [0.5, 0.6) is 11.5 Å². The summed E-state index contributed by atoms with van der Waals surface area (Å²) in [5, 5.41) is 6.54. The van der Waals surface area contributed by atoms with Crippen molar-refractivity contribution in [3.05, 3.63) is 23.8 Å². The van der Waals surface area contributed by atoms with E-state index in [0.717, 1.165) is 48.6 Å². The lowest BCUT2D eigenvalue weighted by molar-refractivity contribution is 0.129. The molecule has 2 rings (SSSR count). The normalized spacial score (nSPS) is 14.4. The van der Waals surface area contributed by atoms with Gasteiger partial charge in [0.05, 0.1) is 27.4 Å². The van der Waals surface area contributed by atoms with Crippen LogP contribution in [0.3, 0.4) is 0 Å². The maximum atomic E-state index is 5.63. The van der Waals surface area contributed by atoms with E-state index in [1.54, 1.807) is 14.2 Å². The van der Waals surface area contributed by atoms with E-state index in [2.05, 4.69) is 22.5 Å². The molecule has 6 heteroatoms. The minimum Gasteiger partial charge on any atom is -0.497 e. The van der Waals surface area contributed by atoms with Gasteiger partial charge in [0.2, 0.25) is 0 Å². The van der Waals surface area contributed by atoms with E-state index in [1.165, 1.54) is 12.8 Å². The lowest BCUT2D eigenvalue weighted by Crippen LogP contribution is -2.39. The first kappa shape index (κ1) is 18.4. The maximum Gasteiger partial charge on any atom is 0.191 e. The topological polar surface area (TPSA) is 64.1 Å². The third-order valence-corrected chi connectivity index (χ3v) is 3.84. The fourth-order valence-electron chi connectivity index (χ4n) is 2.26. The van der Waals surface area contributed by atoms with E-state index in [9.17, 15) is 0 Å². The van der Waals surface area contributed by atoms with E-state index in [1.807, 2.05) is 18.2 Å². The van der Waals surface area contributed by atoms with Gasteiger partial charge in [-0.05, 0) is 37.8 Å². The zero-order valence-corrected chi connectivity index (χ0v) is 14.9. The fraction of sp³-hybridized carbons (Fsp3) is 0.611. The zero-order valence-electron chi connectivity index (χ0n) is 14.9. The summed E-state index contributed by atoms with van der Waals surface area (Å²) in [6, 6.07) is 5.76. The lowest BCUT2D eigenvalue weighted by Gasteiger charge is -2.13. The number of guanidine groups is 1. The molecule has 0 spiro atoms. The van der Waals surface area contributed by atoms with Crippen LogP contribution in [0, 0.1) is 5.92 Å². The maximum absolute atomic E-state index is 5.63. The monoisotopic (exact) mass is 335 g/mol. The highest BCUT2D eigenvalue weighted by Crippen LogP contribution is 2.28. The Morgan fingerprint density at radius 3 is 2.71 bits per heavy atom. The number of methoxy groups -OCH3 is 2. The van der Waals surface area contributed by atoms with Crippen molar-refractivity contribution >= 4 is 5.96 Å². The molecule has 0 radical (unpaired) electrons. The fourth-order valence-corrected chi connectivity index (χ4v) is 2.26. The quantitative estimate of drug-likeness (QED) is 0.390. The molecule has 1 aliphatic carbocycles. The molecule has 0 aliphatic heterocycles. The van der Waals surface area contributed by atoms with E-state index >= 15 is 0 Å². The van der Waals surface area contributed by atoms with Crippen LogP contribution in [0.15, 0.2) is 23.2 Å². The number of nitrogens with one attached hydrogen (secondary N) is 2. The third kappa shape index (κ3) is 6.28. The molecule has 24 heavy (non-hydrogen) atoms. The van der Waals surface area contributed by atoms with Crippen molar-refractivity contribution in [2.75, 3.05) is 40.5 Å². The molecule has 1 fully saturated rings. The molecule has 0 aromatic heterocycles. The molecule has 0 heterocycles. The van der Waals surface area contributed by atoms with Crippen LogP contribution in [-0.2, 0) is 11.3 Å². The number of nitrogens with zero attached hydrogens (tertiary/aromatic N) is 1. The van der Waals surface area contributed by atoms with Crippen LogP contribution in [-0.4, -0.2) is 46.5 Å². The van der Waals surface area contributed by atoms with Crippen molar-refractivity contribution in [1.29, 1.82) is 0 Å². The molecular formula is C18H29N3O3. The molecule has 6 nitrogen and oxygen atoms in total. The predicted molar refractivity (Wildman–Crippen MR) is 95.9 cm³/mol. The summed E-state index contributed by atoms with van der Waals surface area (Å²) < 4.78 is 16.3. The van der Waals surface area contributed by atoms with Crippen molar-refractivity contribution in [2.45, 2.75) is 26.3 Å². The molecule has 0 atom stereocenters. The van der Waals surface area contributed by atoms with Crippen molar-refractivity contribution in [2.24, 2.45) is 10.9 Å². The van der Waals surface area contributed by atoms with Gasteiger partial charge in [-0.1, -0.05) is 0 Å². The molecule has 134 valence electrons. The van der Waals surface area contributed by atoms with Gasteiger partial charge in [0.15, 0.2) is 5.96 Å². The van der Waals surface area contributed by atoms with Crippen molar-refractivity contribution < 1.29 is 14.2 Å². The molecule has 0 saturated heterocycles. The van der Waals surface area contributed by atoms with Gasteiger partial charge in [-0.15, -0.1) is 0 Å². The Kier molecular flexibility index (Phi) is 7.68. The molecule has 0 amide bonds. The van der Waals surface area contributed by atoms with Gasteiger partial charge >= 0.3 is 0 Å². The Bertz CT molecular complexity index is 530. The third-order valence-electron chi connectivity index (χ3n) is 3.84. The van der Waals surface area contributed by atoms with Crippen LogP contribution in [0.2, 0.25) is 0 Å². The molecule has 1 aromatic carbocycles. The van der Waals surface area contributed by atoms with Crippen molar-refractivity contribution in [3.8, 4) is 11.5 Å². The van der Waals surface area contributed by atoms with Gasteiger partial charge in [0.1, 0.15) is 11.5 Å². The Balaban J connectivity index is 1.84. The molecule has 0 unspecified atom stereocenters. The largest absolute Gasteiger partial charge is 0.497 e. The second-order valence-corrected chi connectivity index (χ2v) is 5.82. The Labute approximate surface area is 144 Å². The summed E-state index contributed by atoms with van der Waals surface area (Å²) in [5.74, 6) is 3.14. The van der Waals surface area contributed by atoms with E-state index in [-0.39, 0.29) is 0 Å². The summed E-state index contributed by atoms with van der Waals surface area (Å²) in [5.41, 5.74) is 1.01.